The summed E-state index contributed by atoms with van der Waals surface area (Å²) >= 11 is 0. The van der Waals surface area contributed by atoms with Gasteiger partial charge in [-0.2, -0.15) is 5.26 Å². The van der Waals surface area contributed by atoms with Crippen LogP contribution >= 0.6 is 0 Å². The van der Waals surface area contributed by atoms with E-state index >= 15 is 0 Å². The summed E-state index contributed by atoms with van der Waals surface area (Å²) in [6, 6.07) is 2.05. The molecule has 0 spiro atoms. The van der Waals surface area contributed by atoms with Crippen molar-refractivity contribution in [2.45, 2.75) is 13.3 Å². The molecule has 1 N–H and O–H groups in total. The number of pyridine rings is 1. The van der Waals surface area contributed by atoms with Crippen molar-refractivity contribution in [3.63, 3.8) is 0 Å². The SMILES string of the molecule is Cc1c(C#N)cncc1CCO. The van der Waals surface area contributed by atoms with Crippen molar-refractivity contribution in [3.05, 3.63) is 29.1 Å². The Labute approximate surface area is 71.3 Å². The molecule has 0 atom stereocenters. The van der Waals surface area contributed by atoms with Gasteiger partial charge in [-0.15, -0.1) is 0 Å². The molecule has 0 fully saturated rings. The van der Waals surface area contributed by atoms with Crippen LogP contribution < -0.4 is 0 Å². The average Bonchev–Trinajstić information content (AvgIpc) is 2.09. The Kier molecular flexibility index (Phi) is 2.78. The van der Waals surface area contributed by atoms with Gasteiger partial charge in [0, 0.05) is 19.0 Å². The summed E-state index contributed by atoms with van der Waals surface area (Å²) in [7, 11) is 0. The largest absolute Gasteiger partial charge is 0.396 e. The molecule has 1 aromatic heterocycles. The molecule has 62 valence electrons. The molecule has 0 unspecified atom stereocenters. The zero-order valence-electron chi connectivity index (χ0n) is 6.91. The van der Waals surface area contributed by atoms with E-state index < -0.39 is 0 Å². The van der Waals surface area contributed by atoms with Gasteiger partial charge in [-0.25, -0.2) is 0 Å². The predicted octanol–water partition coefficient (Wildman–Crippen LogP) is 0.796. The van der Waals surface area contributed by atoms with E-state index in [1.807, 2.05) is 13.0 Å². The van der Waals surface area contributed by atoms with Crippen LogP contribution in [0.15, 0.2) is 12.4 Å². The first-order valence-corrected chi connectivity index (χ1v) is 3.74. The Bertz CT molecular complexity index is 315. The molecule has 0 aliphatic rings. The van der Waals surface area contributed by atoms with Crippen molar-refractivity contribution in [2.24, 2.45) is 0 Å². The smallest absolute Gasteiger partial charge is 0.101 e. The van der Waals surface area contributed by atoms with E-state index in [9.17, 15) is 0 Å². The highest BCUT2D eigenvalue weighted by atomic mass is 16.2. The highest BCUT2D eigenvalue weighted by Gasteiger charge is 2.02. The topological polar surface area (TPSA) is 56.9 Å². The molecule has 3 nitrogen and oxygen atoms in total. The third-order valence-corrected chi connectivity index (χ3v) is 1.82. The highest BCUT2D eigenvalue weighted by Crippen LogP contribution is 2.10. The van der Waals surface area contributed by atoms with E-state index in [4.69, 9.17) is 10.4 Å². The van der Waals surface area contributed by atoms with Crippen LogP contribution in [0.5, 0.6) is 0 Å². The quantitative estimate of drug-likeness (QED) is 0.699. The second kappa shape index (κ2) is 3.84. The molecule has 0 saturated heterocycles. The summed E-state index contributed by atoms with van der Waals surface area (Å²) in [6.45, 7) is 1.96. The van der Waals surface area contributed by atoms with Gasteiger partial charge in [0.25, 0.3) is 0 Å². The van der Waals surface area contributed by atoms with E-state index in [0.717, 1.165) is 11.1 Å². The van der Waals surface area contributed by atoms with Gasteiger partial charge in [0.2, 0.25) is 0 Å². The molecule has 0 aromatic carbocycles. The fourth-order valence-corrected chi connectivity index (χ4v) is 1.05. The number of hydrogen-bond donors (Lipinski definition) is 1. The number of hydrogen-bond acceptors (Lipinski definition) is 3. The van der Waals surface area contributed by atoms with E-state index in [2.05, 4.69) is 4.98 Å². The molecule has 0 saturated carbocycles. The Balaban J connectivity index is 3.07. The minimum Gasteiger partial charge on any atom is -0.396 e. The summed E-state index contributed by atoms with van der Waals surface area (Å²) in [5, 5.41) is 17.4. The standard InChI is InChI=1S/C9H10N2O/c1-7-8(2-3-12)5-11-6-9(7)4-10/h5-6,12H,2-3H2,1H3. The van der Waals surface area contributed by atoms with E-state index in [-0.39, 0.29) is 6.61 Å². The maximum absolute atomic E-state index is 8.70. The third kappa shape index (κ3) is 1.60. The lowest BCUT2D eigenvalue weighted by Gasteiger charge is -2.03. The number of nitrogens with zero attached hydrogens (tertiary/aromatic N) is 2. The maximum atomic E-state index is 8.70. The van der Waals surface area contributed by atoms with Gasteiger partial charge in [0.05, 0.1) is 5.56 Å². The first-order chi connectivity index (χ1) is 5.79. The summed E-state index contributed by atoms with van der Waals surface area (Å²) in [4.78, 5) is 3.90. The Morgan fingerprint density at radius 3 is 2.92 bits per heavy atom. The minimum atomic E-state index is 0.0946. The molecule has 12 heavy (non-hydrogen) atoms. The van der Waals surface area contributed by atoms with Crippen LogP contribution in [0.3, 0.4) is 0 Å². The normalized spacial score (nSPS) is 9.42. The number of aromatic nitrogens is 1. The first kappa shape index (κ1) is 8.69. The highest BCUT2D eigenvalue weighted by molar-refractivity contribution is 5.38. The van der Waals surface area contributed by atoms with Gasteiger partial charge in [-0.3, -0.25) is 4.98 Å². The lowest BCUT2D eigenvalue weighted by molar-refractivity contribution is 0.299. The van der Waals surface area contributed by atoms with Gasteiger partial charge in [0.1, 0.15) is 6.07 Å². The first-order valence-electron chi connectivity index (χ1n) is 3.74. The number of aliphatic hydroxyl groups excluding tert-OH is 1. The number of aliphatic hydroxyl groups is 1. The molecule has 0 aliphatic carbocycles. The summed E-state index contributed by atoms with van der Waals surface area (Å²) in [5.74, 6) is 0. The van der Waals surface area contributed by atoms with Crippen LogP contribution in [-0.2, 0) is 6.42 Å². The fourth-order valence-electron chi connectivity index (χ4n) is 1.05. The fraction of sp³-hybridized carbons (Fsp3) is 0.333. The van der Waals surface area contributed by atoms with Gasteiger partial charge in [-0.05, 0) is 24.5 Å². The lowest BCUT2D eigenvalue weighted by Crippen LogP contribution is -1.97. The van der Waals surface area contributed by atoms with Crippen LogP contribution in [0.2, 0.25) is 0 Å². The molecule has 1 rings (SSSR count). The Morgan fingerprint density at radius 1 is 1.58 bits per heavy atom. The van der Waals surface area contributed by atoms with Gasteiger partial charge in [0.15, 0.2) is 0 Å². The summed E-state index contributed by atoms with van der Waals surface area (Å²) < 4.78 is 0. The molecular formula is C9H10N2O. The van der Waals surface area contributed by atoms with Crippen LogP contribution in [0.25, 0.3) is 0 Å². The average molecular weight is 162 g/mol. The molecule has 0 aliphatic heterocycles. The predicted molar refractivity (Wildman–Crippen MR) is 44.5 cm³/mol. The van der Waals surface area contributed by atoms with Crippen molar-refractivity contribution in [1.82, 2.24) is 4.98 Å². The number of rotatable bonds is 2. The maximum Gasteiger partial charge on any atom is 0.101 e. The molecule has 1 aromatic rings. The van der Waals surface area contributed by atoms with E-state index in [1.165, 1.54) is 6.20 Å². The zero-order chi connectivity index (χ0) is 8.97. The van der Waals surface area contributed by atoms with Crippen molar-refractivity contribution in [2.75, 3.05) is 6.61 Å². The Hall–Kier alpha value is -1.40. The molecule has 0 radical (unpaired) electrons. The van der Waals surface area contributed by atoms with Gasteiger partial charge >= 0.3 is 0 Å². The monoisotopic (exact) mass is 162 g/mol. The Morgan fingerprint density at radius 2 is 2.33 bits per heavy atom. The second-order valence-electron chi connectivity index (χ2n) is 2.56. The van der Waals surface area contributed by atoms with Crippen molar-refractivity contribution < 1.29 is 5.11 Å². The van der Waals surface area contributed by atoms with Gasteiger partial charge in [-0.1, -0.05) is 0 Å². The molecular weight excluding hydrogens is 152 g/mol. The van der Waals surface area contributed by atoms with Crippen molar-refractivity contribution >= 4 is 0 Å². The molecule has 0 bridgehead atoms. The number of nitriles is 1. The summed E-state index contributed by atoms with van der Waals surface area (Å²) in [6.07, 6.45) is 3.79. The van der Waals surface area contributed by atoms with Crippen molar-refractivity contribution in [1.29, 1.82) is 5.26 Å². The lowest BCUT2D eigenvalue weighted by atomic mass is 10.1. The third-order valence-electron chi connectivity index (χ3n) is 1.82. The molecule has 0 amide bonds. The van der Waals surface area contributed by atoms with E-state index in [0.29, 0.717) is 12.0 Å². The minimum absolute atomic E-state index is 0.0946. The summed E-state index contributed by atoms with van der Waals surface area (Å²) in [5.41, 5.74) is 2.44. The zero-order valence-corrected chi connectivity index (χ0v) is 6.91. The van der Waals surface area contributed by atoms with Crippen LogP contribution in [0.4, 0.5) is 0 Å². The van der Waals surface area contributed by atoms with Crippen LogP contribution in [0, 0.1) is 18.3 Å². The van der Waals surface area contributed by atoms with Crippen molar-refractivity contribution in [3.8, 4) is 6.07 Å². The van der Waals surface area contributed by atoms with Crippen LogP contribution in [-0.4, -0.2) is 16.7 Å². The molecule has 3 heteroatoms. The van der Waals surface area contributed by atoms with E-state index in [1.54, 1.807) is 6.20 Å². The molecule has 1 heterocycles. The van der Waals surface area contributed by atoms with Crippen LogP contribution in [0.1, 0.15) is 16.7 Å². The van der Waals surface area contributed by atoms with Gasteiger partial charge < -0.3 is 5.11 Å². The second-order valence-corrected chi connectivity index (χ2v) is 2.56.